The third kappa shape index (κ3) is 3.59. The molecule has 1 unspecified atom stereocenters. The largest absolute Gasteiger partial charge is 0.372 e. The van der Waals surface area contributed by atoms with Gasteiger partial charge in [-0.2, -0.15) is 0 Å². The zero-order valence-corrected chi connectivity index (χ0v) is 16.2. The average Bonchev–Trinajstić information content (AvgIpc) is 3.17. The molecule has 1 aromatic carbocycles. The number of piperazine rings is 1. The van der Waals surface area contributed by atoms with Gasteiger partial charge in [-0.15, -0.1) is 0 Å². The van der Waals surface area contributed by atoms with Crippen molar-refractivity contribution in [2.24, 2.45) is 0 Å². The summed E-state index contributed by atoms with van der Waals surface area (Å²) in [6.45, 7) is 5.94. The van der Waals surface area contributed by atoms with Gasteiger partial charge in [0.2, 0.25) is 0 Å². The quantitative estimate of drug-likeness (QED) is 0.722. The van der Waals surface area contributed by atoms with Crippen molar-refractivity contribution >= 4 is 16.8 Å². The van der Waals surface area contributed by atoms with Crippen molar-refractivity contribution in [3.63, 3.8) is 0 Å². The van der Waals surface area contributed by atoms with Gasteiger partial charge in [-0.25, -0.2) is 4.39 Å². The van der Waals surface area contributed by atoms with E-state index in [0.717, 1.165) is 68.9 Å². The van der Waals surface area contributed by atoms with Gasteiger partial charge in [0.15, 0.2) is 17.6 Å². The highest BCUT2D eigenvalue weighted by Gasteiger charge is 2.27. The number of nitrogens with zero attached hydrogens (tertiary/aromatic N) is 5. The number of aromatic nitrogens is 2. The van der Waals surface area contributed by atoms with E-state index in [9.17, 15) is 9.50 Å². The minimum atomic E-state index is -0.627. The fourth-order valence-electron chi connectivity index (χ4n) is 4.27. The molecular weight excluding hydrogens is 373 g/mol. The molecule has 0 spiro atoms. The molecule has 1 atom stereocenters. The molecule has 7 nitrogen and oxygen atoms in total. The van der Waals surface area contributed by atoms with Gasteiger partial charge in [0, 0.05) is 52.0 Å². The van der Waals surface area contributed by atoms with E-state index in [2.05, 4.69) is 24.8 Å². The Morgan fingerprint density at radius 3 is 2.83 bits per heavy atom. The summed E-state index contributed by atoms with van der Waals surface area (Å²) in [5, 5.41) is 15.5. The number of halogens is 1. The SMILES string of the molecule is OC1c2ncccc2CCN1CCN1CCN(c2noc3ccc(F)cc23)CC1. The van der Waals surface area contributed by atoms with Gasteiger partial charge in [0.05, 0.1) is 11.1 Å². The van der Waals surface area contributed by atoms with Crippen molar-refractivity contribution in [1.82, 2.24) is 19.9 Å². The number of rotatable bonds is 4. The minimum Gasteiger partial charge on any atom is -0.372 e. The van der Waals surface area contributed by atoms with Gasteiger partial charge in [0.1, 0.15) is 5.82 Å². The van der Waals surface area contributed by atoms with E-state index in [4.69, 9.17) is 4.52 Å². The van der Waals surface area contributed by atoms with Crippen LogP contribution in [0, 0.1) is 5.82 Å². The maximum Gasteiger partial charge on any atom is 0.180 e. The highest BCUT2D eigenvalue weighted by Crippen LogP contribution is 2.28. The standard InChI is InChI=1S/C21H24FN5O2/c22-16-3-4-18-17(14-16)20(24-29-18)26-11-8-25(9-12-26)10-13-27-7-5-15-2-1-6-23-19(15)21(27)28/h1-4,6,14,21,28H,5,7-13H2. The third-order valence-corrected chi connectivity index (χ3v) is 5.97. The van der Waals surface area contributed by atoms with Crippen LogP contribution in [0.25, 0.3) is 11.0 Å². The summed E-state index contributed by atoms with van der Waals surface area (Å²) in [4.78, 5) is 11.0. The fraction of sp³-hybridized carbons (Fsp3) is 0.429. The molecule has 1 N–H and O–H groups in total. The Kier molecular flexibility index (Phi) is 4.91. The first kappa shape index (κ1) is 18.5. The Bertz CT molecular complexity index is 1000. The highest BCUT2D eigenvalue weighted by atomic mass is 19.1. The van der Waals surface area contributed by atoms with E-state index < -0.39 is 6.23 Å². The molecule has 2 aliphatic rings. The van der Waals surface area contributed by atoms with Gasteiger partial charge in [0.25, 0.3) is 0 Å². The fourth-order valence-corrected chi connectivity index (χ4v) is 4.27. The molecule has 0 saturated carbocycles. The maximum absolute atomic E-state index is 13.6. The number of aliphatic hydroxyl groups excluding tert-OH is 1. The van der Waals surface area contributed by atoms with E-state index in [1.54, 1.807) is 12.3 Å². The molecule has 1 fully saturated rings. The predicted molar refractivity (Wildman–Crippen MR) is 107 cm³/mol. The molecular formula is C21H24FN5O2. The van der Waals surface area contributed by atoms with Gasteiger partial charge in [-0.05, 0) is 36.2 Å². The lowest BCUT2D eigenvalue weighted by atomic mass is 10.0. The summed E-state index contributed by atoms with van der Waals surface area (Å²) in [6, 6.07) is 8.46. The van der Waals surface area contributed by atoms with E-state index in [0.29, 0.717) is 11.4 Å². The third-order valence-electron chi connectivity index (χ3n) is 5.97. The van der Waals surface area contributed by atoms with Crippen LogP contribution < -0.4 is 4.90 Å². The van der Waals surface area contributed by atoms with Gasteiger partial charge in [-0.3, -0.25) is 14.8 Å². The Labute approximate surface area is 168 Å². The van der Waals surface area contributed by atoms with Crippen LogP contribution in [0.4, 0.5) is 10.2 Å². The molecule has 2 aliphatic heterocycles. The Hall–Kier alpha value is -2.55. The first-order valence-corrected chi connectivity index (χ1v) is 10.1. The Morgan fingerprint density at radius 2 is 1.97 bits per heavy atom. The number of hydrogen-bond acceptors (Lipinski definition) is 7. The van der Waals surface area contributed by atoms with Gasteiger partial charge >= 0.3 is 0 Å². The molecule has 5 rings (SSSR count). The lowest BCUT2D eigenvalue weighted by Gasteiger charge is -2.37. The van der Waals surface area contributed by atoms with E-state index >= 15 is 0 Å². The molecule has 29 heavy (non-hydrogen) atoms. The second-order valence-electron chi connectivity index (χ2n) is 7.68. The van der Waals surface area contributed by atoms with Gasteiger partial charge in [-0.1, -0.05) is 11.2 Å². The van der Waals surface area contributed by atoms with E-state index in [1.807, 2.05) is 12.1 Å². The van der Waals surface area contributed by atoms with Crippen LogP contribution in [0.15, 0.2) is 41.1 Å². The van der Waals surface area contributed by atoms with Crippen LogP contribution in [0.2, 0.25) is 0 Å². The average molecular weight is 397 g/mol. The van der Waals surface area contributed by atoms with Gasteiger partial charge < -0.3 is 14.5 Å². The van der Waals surface area contributed by atoms with Crippen molar-refractivity contribution < 1.29 is 14.0 Å². The molecule has 0 amide bonds. The summed E-state index contributed by atoms with van der Waals surface area (Å²) in [6.07, 6.45) is 2.03. The van der Waals surface area contributed by atoms with Crippen LogP contribution in [0.3, 0.4) is 0 Å². The molecule has 2 aromatic heterocycles. The zero-order valence-electron chi connectivity index (χ0n) is 16.2. The number of anilines is 1. The Balaban J connectivity index is 1.17. The topological polar surface area (TPSA) is 68.9 Å². The maximum atomic E-state index is 13.6. The zero-order chi connectivity index (χ0) is 19.8. The summed E-state index contributed by atoms with van der Waals surface area (Å²) >= 11 is 0. The number of pyridine rings is 1. The summed E-state index contributed by atoms with van der Waals surface area (Å²) < 4.78 is 18.9. The molecule has 152 valence electrons. The second-order valence-corrected chi connectivity index (χ2v) is 7.68. The molecule has 4 heterocycles. The van der Waals surface area contributed by atoms with Crippen molar-refractivity contribution in [2.75, 3.05) is 50.7 Å². The highest BCUT2D eigenvalue weighted by molar-refractivity contribution is 5.88. The lowest BCUT2D eigenvalue weighted by Crippen LogP contribution is -2.49. The van der Waals surface area contributed by atoms with Crippen LogP contribution in [-0.2, 0) is 6.42 Å². The predicted octanol–water partition coefficient (Wildman–Crippen LogP) is 2.03. The summed E-state index contributed by atoms with van der Waals surface area (Å²) in [5.41, 5.74) is 2.53. The molecule has 3 aromatic rings. The summed E-state index contributed by atoms with van der Waals surface area (Å²) in [5.74, 6) is 0.435. The monoisotopic (exact) mass is 397 g/mol. The minimum absolute atomic E-state index is 0.281. The van der Waals surface area contributed by atoms with Crippen molar-refractivity contribution in [3.8, 4) is 0 Å². The first-order valence-electron chi connectivity index (χ1n) is 10.1. The number of benzene rings is 1. The number of hydrogen-bond donors (Lipinski definition) is 1. The van der Waals surface area contributed by atoms with Crippen LogP contribution >= 0.6 is 0 Å². The van der Waals surface area contributed by atoms with Crippen molar-refractivity contribution in [2.45, 2.75) is 12.6 Å². The second kappa shape index (κ2) is 7.70. The van der Waals surface area contributed by atoms with E-state index in [1.165, 1.54) is 12.1 Å². The molecule has 0 aliphatic carbocycles. The van der Waals surface area contributed by atoms with Crippen LogP contribution in [-0.4, -0.2) is 70.9 Å². The first-order chi connectivity index (χ1) is 14.2. The molecule has 8 heteroatoms. The molecule has 0 radical (unpaired) electrons. The molecule has 0 bridgehead atoms. The van der Waals surface area contributed by atoms with Crippen LogP contribution in [0.5, 0.6) is 0 Å². The Morgan fingerprint density at radius 1 is 1.10 bits per heavy atom. The normalized spacial score (nSPS) is 20.9. The smallest absolute Gasteiger partial charge is 0.180 e. The molecule has 1 saturated heterocycles. The number of aliphatic hydroxyl groups is 1. The number of fused-ring (bicyclic) bond motifs is 2. The van der Waals surface area contributed by atoms with Crippen molar-refractivity contribution in [3.05, 3.63) is 53.6 Å². The lowest BCUT2D eigenvalue weighted by molar-refractivity contribution is -0.0150. The summed E-state index contributed by atoms with van der Waals surface area (Å²) in [7, 11) is 0. The van der Waals surface area contributed by atoms with E-state index in [-0.39, 0.29) is 5.82 Å². The van der Waals surface area contributed by atoms with Crippen LogP contribution in [0.1, 0.15) is 17.5 Å². The van der Waals surface area contributed by atoms with Crippen molar-refractivity contribution in [1.29, 1.82) is 0 Å².